The van der Waals surface area contributed by atoms with Gasteiger partial charge in [0.1, 0.15) is 0 Å². The van der Waals surface area contributed by atoms with Crippen molar-refractivity contribution < 1.29 is 13.3 Å². The van der Waals surface area contributed by atoms with Crippen molar-refractivity contribution in [1.29, 1.82) is 0 Å². The third-order valence-corrected chi connectivity index (χ3v) is 5.31. The Hall–Kier alpha value is -1.83. The molecular weight excluding hydrogens is 351 g/mol. The van der Waals surface area contributed by atoms with E-state index in [0.717, 1.165) is 10.4 Å². The van der Waals surface area contributed by atoms with E-state index in [1.807, 2.05) is 0 Å². The lowest BCUT2D eigenvalue weighted by Gasteiger charge is -2.20. The van der Waals surface area contributed by atoms with Gasteiger partial charge in [0.2, 0.25) is 0 Å². The van der Waals surface area contributed by atoms with Gasteiger partial charge in [0.15, 0.2) is 0 Å². The lowest BCUT2D eigenvalue weighted by atomic mass is 10.3. The number of nitro groups is 1. The van der Waals surface area contributed by atoms with Crippen LogP contribution >= 0.6 is 23.2 Å². The summed E-state index contributed by atoms with van der Waals surface area (Å²) in [6, 6.07) is 9.17. The Bertz CT molecular complexity index is 822. The molecule has 0 unspecified atom stereocenters. The van der Waals surface area contributed by atoms with Gasteiger partial charge >= 0.3 is 0 Å². The second-order valence-electron chi connectivity index (χ2n) is 4.32. The highest BCUT2D eigenvalue weighted by Gasteiger charge is 2.24. The molecule has 22 heavy (non-hydrogen) atoms. The number of benzene rings is 2. The van der Waals surface area contributed by atoms with Gasteiger partial charge in [-0.1, -0.05) is 23.2 Å². The van der Waals surface area contributed by atoms with Gasteiger partial charge in [0.05, 0.1) is 20.5 Å². The van der Waals surface area contributed by atoms with E-state index in [1.54, 1.807) is 0 Å². The first-order valence-electron chi connectivity index (χ1n) is 5.92. The summed E-state index contributed by atoms with van der Waals surface area (Å²) in [7, 11) is -2.63. The predicted molar refractivity (Wildman–Crippen MR) is 85.1 cm³/mol. The Morgan fingerprint density at radius 1 is 1.09 bits per heavy atom. The van der Waals surface area contributed by atoms with Crippen LogP contribution in [0.4, 0.5) is 11.4 Å². The van der Waals surface area contributed by atoms with Gasteiger partial charge in [-0.15, -0.1) is 0 Å². The maximum absolute atomic E-state index is 12.5. The molecule has 0 aliphatic rings. The van der Waals surface area contributed by atoms with Crippen LogP contribution in [0.5, 0.6) is 0 Å². The Balaban J connectivity index is 2.50. The molecular formula is C13H10Cl2N2O4S. The summed E-state index contributed by atoms with van der Waals surface area (Å²) >= 11 is 11.7. The monoisotopic (exact) mass is 360 g/mol. The van der Waals surface area contributed by atoms with Crippen molar-refractivity contribution in [2.75, 3.05) is 11.4 Å². The number of nitro benzene ring substituents is 1. The maximum Gasteiger partial charge on any atom is 0.271 e. The summed E-state index contributed by atoms with van der Waals surface area (Å²) in [5.41, 5.74) is -0.233. The van der Waals surface area contributed by atoms with Gasteiger partial charge in [0, 0.05) is 24.2 Å². The van der Waals surface area contributed by atoms with Crippen molar-refractivity contribution in [2.45, 2.75) is 4.90 Å². The summed E-state index contributed by atoms with van der Waals surface area (Å²) in [5, 5.41) is 11.3. The van der Waals surface area contributed by atoms with E-state index < -0.39 is 14.9 Å². The molecule has 0 amide bonds. The molecule has 0 N–H and O–H groups in total. The first-order valence-corrected chi connectivity index (χ1v) is 8.11. The number of hydrogen-bond donors (Lipinski definition) is 0. The number of sulfonamides is 1. The van der Waals surface area contributed by atoms with Crippen LogP contribution in [-0.4, -0.2) is 20.4 Å². The highest BCUT2D eigenvalue weighted by molar-refractivity contribution is 7.92. The average molecular weight is 361 g/mol. The SMILES string of the molecule is CN(c1cc([N+](=O)[O-])ccc1Cl)S(=O)(=O)c1ccc(Cl)cc1. The first kappa shape index (κ1) is 16.5. The van der Waals surface area contributed by atoms with Crippen LogP contribution in [0.3, 0.4) is 0 Å². The van der Waals surface area contributed by atoms with Gasteiger partial charge in [-0.05, 0) is 30.3 Å². The van der Waals surface area contributed by atoms with E-state index in [9.17, 15) is 18.5 Å². The maximum atomic E-state index is 12.5. The van der Waals surface area contributed by atoms with Gasteiger partial charge in [0.25, 0.3) is 15.7 Å². The topological polar surface area (TPSA) is 80.5 Å². The minimum atomic E-state index is -3.91. The smallest absolute Gasteiger partial charge is 0.268 e. The minimum Gasteiger partial charge on any atom is -0.268 e. The zero-order valence-electron chi connectivity index (χ0n) is 11.2. The normalized spacial score (nSPS) is 11.2. The molecule has 0 saturated heterocycles. The summed E-state index contributed by atoms with van der Waals surface area (Å²) in [6.07, 6.45) is 0. The molecule has 0 bridgehead atoms. The molecule has 0 atom stereocenters. The highest BCUT2D eigenvalue weighted by atomic mass is 35.5. The quantitative estimate of drug-likeness (QED) is 0.614. The van der Waals surface area contributed by atoms with E-state index in [0.29, 0.717) is 5.02 Å². The van der Waals surface area contributed by atoms with E-state index in [4.69, 9.17) is 23.2 Å². The van der Waals surface area contributed by atoms with Gasteiger partial charge in [-0.3, -0.25) is 14.4 Å². The molecule has 2 aromatic carbocycles. The summed E-state index contributed by atoms with van der Waals surface area (Å²) in [4.78, 5) is 10.2. The standard InChI is InChI=1S/C13H10Cl2N2O4S/c1-16(13-8-10(17(18)19)4-7-12(13)15)22(20,21)11-5-2-9(14)3-6-11/h2-8H,1H3. The second-order valence-corrected chi connectivity index (χ2v) is 7.13. The predicted octanol–water partition coefficient (Wildman–Crippen LogP) is 3.73. The van der Waals surface area contributed by atoms with Gasteiger partial charge in [-0.2, -0.15) is 0 Å². The Kier molecular flexibility index (Phi) is 4.60. The number of hydrogen-bond acceptors (Lipinski definition) is 4. The van der Waals surface area contributed by atoms with Crippen LogP contribution in [0.15, 0.2) is 47.4 Å². The Morgan fingerprint density at radius 2 is 1.68 bits per heavy atom. The van der Waals surface area contributed by atoms with Crippen LogP contribution < -0.4 is 4.31 Å². The number of halogens is 2. The molecule has 0 aromatic heterocycles. The van der Waals surface area contributed by atoms with Crippen LogP contribution in [-0.2, 0) is 10.0 Å². The number of non-ortho nitro benzene ring substituents is 1. The van der Waals surface area contributed by atoms with Gasteiger partial charge < -0.3 is 0 Å². The number of anilines is 1. The molecule has 2 aromatic rings. The third-order valence-electron chi connectivity index (χ3n) is 2.95. The zero-order valence-corrected chi connectivity index (χ0v) is 13.6. The number of rotatable bonds is 4. The van der Waals surface area contributed by atoms with E-state index in [2.05, 4.69) is 0 Å². The van der Waals surface area contributed by atoms with Crippen molar-refractivity contribution in [3.05, 3.63) is 62.6 Å². The molecule has 2 rings (SSSR count). The summed E-state index contributed by atoms with van der Waals surface area (Å²) in [6.45, 7) is 0. The molecule has 0 aliphatic heterocycles. The average Bonchev–Trinajstić information content (AvgIpc) is 2.47. The third kappa shape index (κ3) is 3.16. The van der Waals surface area contributed by atoms with Crippen molar-refractivity contribution in [1.82, 2.24) is 0 Å². The molecule has 116 valence electrons. The highest BCUT2D eigenvalue weighted by Crippen LogP contribution is 2.32. The Morgan fingerprint density at radius 3 is 2.23 bits per heavy atom. The van der Waals surface area contributed by atoms with E-state index in [-0.39, 0.29) is 21.3 Å². The molecule has 9 heteroatoms. The zero-order chi connectivity index (χ0) is 16.5. The molecule has 6 nitrogen and oxygen atoms in total. The molecule has 0 saturated carbocycles. The lowest BCUT2D eigenvalue weighted by molar-refractivity contribution is -0.384. The van der Waals surface area contributed by atoms with Crippen molar-refractivity contribution >= 4 is 44.6 Å². The first-order chi connectivity index (χ1) is 10.2. The van der Waals surface area contributed by atoms with E-state index in [1.165, 1.54) is 43.4 Å². The minimum absolute atomic E-state index is 0.00183. The summed E-state index contributed by atoms with van der Waals surface area (Å²) in [5.74, 6) is 0. The fourth-order valence-electron chi connectivity index (χ4n) is 1.75. The fraction of sp³-hybridized carbons (Fsp3) is 0.0769. The van der Waals surface area contributed by atoms with Crippen LogP contribution in [0, 0.1) is 10.1 Å². The molecule has 0 radical (unpaired) electrons. The van der Waals surface area contributed by atoms with Crippen LogP contribution in [0.25, 0.3) is 0 Å². The lowest BCUT2D eigenvalue weighted by Crippen LogP contribution is -2.26. The number of nitrogens with zero attached hydrogens (tertiary/aromatic N) is 2. The van der Waals surface area contributed by atoms with Gasteiger partial charge in [-0.25, -0.2) is 8.42 Å². The van der Waals surface area contributed by atoms with E-state index >= 15 is 0 Å². The van der Waals surface area contributed by atoms with Crippen LogP contribution in [0.1, 0.15) is 0 Å². The largest absolute Gasteiger partial charge is 0.271 e. The van der Waals surface area contributed by atoms with Crippen molar-refractivity contribution in [3.8, 4) is 0 Å². The Labute approximate surface area is 137 Å². The molecule has 0 spiro atoms. The second kappa shape index (κ2) is 6.12. The molecule has 0 aliphatic carbocycles. The van der Waals surface area contributed by atoms with Crippen molar-refractivity contribution in [2.24, 2.45) is 0 Å². The molecule has 0 fully saturated rings. The fourth-order valence-corrected chi connectivity index (χ4v) is 3.38. The summed E-state index contributed by atoms with van der Waals surface area (Å²) < 4.78 is 26.0. The molecule has 0 heterocycles. The van der Waals surface area contributed by atoms with Crippen LogP contribution in [0.2, 0.25) is 10.0 Å². The van der Waals surface area contributed by atoms with Crippen molar-refractivity contribution in [3.63, 3.8) is 0 Å².